The number of amides is 1. The highest BCUT2D eigenvalue weighted by atomic mass is 16.5. The number of carbonyl (C=O) groups is 1. The van der Waals surface area contributed by atoms with Crippen molar-refractivity contribution >= 4 is 17.2 Å². The second-order valence-corrected chi connectivity index (χ2v) is 8.58. The van der Waals surface area contributed by atoms with Crippen LogP contribution in [0.4, 0.5) is 5.69 Å². The van der Waals surface area contributed by atoms with Crippen molar-refractivity contribution in [3.8, 4) is 11.3 Å². The first kappa shape index (κ1) is 18.2. The molecule has 4 heterocycles. The maximum atomic E-state index is 13.1. The van der Waals surface area contributed by atoms with Crippen molar-refractivity contribution in [3.05, 3.63) is 53.7 Å². The van der Waals surface area contributed by atoms with Crippen molar-refractivity contribution in [2.75, 3.05) is 31.7 Å². The second-order valence-electron chi connectivity index (χ2n) is 8.58. The predicted molar refractivity (Wildman–Crippen MR) is 111 cm³/mol. The summed E-state index contributed by atoms with van der Waals surface area (Å²) in [5.74, 6) is 1.46. The van der Waals surface area contributed by atoms with E-state index in [2.05, 4.69) is 42.1 Å². The lowest BCUT2D eigenvalue weighted by molar-refractivity contribution is -0.124. The molecule has 1 aromatic heterocycles. The molecule has 0 bridgehead atoms. The summed E-state index contributed by atoms with van der Waals surface area (Å²) in [6.07, 6.45) is 5.96. The molecule has 1 saturated heterocycles. The van der Waals surface area contributed by atoms with E-state index in [9.17, 15) is 4.79 Å². The van der Waals surface area contributed by atoms with Crippen LogP contribution < -0.4 is 4.90 Å². The van der Waals surface area contributed by atoms with Gasteiger partial charge in [-0.15, -0.1) is 0 Å². The number of benzene rings is 1. The van der Waals surface area contributed by atoms with Gasteiger partial charge in [0.25, 0.3) is 0 Å². The van der Waals surface area contributed by atoms with Gasteiger partial charge in [0.2, 0.25) is 11.8 Å². The van der Waals surface area contributed by atoms with E-state index < -0.39 is 5.41 Å². The minimum Gasteiger partial charge on any atom is -0.436 e. The lowest BCUT2D eigenvalue weighted by Crippen LogP contribution is -2.52. The molecule has 0 aliphatic carbocycles. The maximum Gasteiger partial charge on any atom is 0.237 e. The van der Waals surface area contributed by atoms with Crippen LogP contribution in [0.5, 0.6) is 0 Å². The van der Waals surface area contributed by atoms with Crippen LogP contribution in [0.15, 0.2) is 46.7 Å². The highest BCUT2D eigenvalue weighted by Crippen LogP contribution is 2.45. The molecule has 2 aromatic rings. The normalized spacial score (nSPS) is 21.0. The van der Waals surface area contributed by atoms with Crippen LogP contribution in [-0.2, 0) is 14.9 Å². The van der Waals surface area contributed by atoms with E-state index in [1.807, 2.05) is 30.9 Å². The minimum atomic E-state index is -0.530. The second kappa shape index (κ2) is 6.32. The van der Waals surface area contributed by atoms with Gasteiger partial charge in [-0.25, -0.2) is 4.98 Å². The Hall–Kier alpha value is -2.86. The van der Waals surface area contributed by atoms with E-state index in [4.69, 9.17) is 9.15 Å². The molecule has 0 N–H and O–H groups in total. The summed E-state index contributed by atoms with van der Waals surface area (Å²) in [7, 11) is 2.06. The average molecular weight is 391 g/mol. The van der Waals surface area contributed by atoms with Gasteiger partial charge in [-0.1, -0.05) is 18.2 Å². The van der Waals surface area contributed by atoms with Gasteiger partial charge in [-0.3, -0.25) is 4.79 Å². The fourth-order valence-electron chi connectivity index (χ4n) is 4.14. The number of nitrogens with zero attached hydrogens (tertiary/aromatic N) is 3. The van der Waals surface area contributed by atoms with Crippen LogP contribution >= 0.6 is 0 Å². The molecule has 1 aromatic carbocycles. The van der Waals surface area contributed by atoms with E-state index in [1.165, 1.54) is 5.70 Å². The highest BCUT2D eigenvalue weighted by molar-refractivity contribution is 6.08. The third-order valence-electron chi connectivity index (χ3n) is 6.26. The number of aromatic nitrogens is 1. The quantitative estimate of drug-likeness (QED) is 0.800. The molecule has 3 aliphatic heterocycles. The first-order valence-electron chi connectivity index (χ1n) is 9.98. The molecule has 6 heteroatoms. The molecular formula is C23H25N3O3. The lowest BCUT2D eigenvalue weighted by Gasteiger charge is -2.35. The number of ether oxygens (including phenoxy) is 1. The van der Waals surface area contributed by atoms with E-state index >= 15 is 0 Å². The number of likely N-dealkylation sites (N-methyl/N-ethyl adjacent to an activating group) is 1. The predicted octanol–water partition coefficient (Wildman–Crippen LogP) is 3.60. The molecule has 0 radical (unpaired) electrons. The number of hydrogen-bond acceptors (Lipinski definition) is 5. The van der Waals surface area contributed by atoms with Crippen molar-refractivity contribution in [3.63, 3.8) is 0 Å². The zero-order valence-corrected chi connectivity index (χ0v) is 17.2. The smallest absolute Gasteiger partial charge is 0.237 e. The number of allylic oxidation sites excluding steroid dienone is 3. The van der Waals surface area contributed by atoms with Crippen molar-refractivity contribution in [1.82, 2.24) is 9.88 Å². The van der Waals surface area contributed by atoms with E-state index in [-0.39, 0.29) is 11.9 Å². The molecule has 6 nitrogen and oxygen atoms in total. The number of carbonyl (C=O) groups excluding carboxylic acids is 1. The van der Waals surface area contributed by atoms with Gasteiger partial charge >= 0.3 is 0 Å². The topological polar surface area (TPSA) is 58.8 Å². The van der Waals surface area contributed by atoms with Crippen molar-refractivity contribution in [2.24, 2.45) is 0 Å². The Morgan fingerprint density at radius 2 is 2.03 bits per heavy atom. The van der Waals surface area contributed by atoms with Gasteiger partial charge in [0.05, 0.1) is 30.9 Å². The van der Waals surface area contributed by atoms with Gasteiger partial charge in [-0.05, 0) is 38.5 Å². The number of hydrogen-bond donors (Lipinski definition) is 0. The van der Waals surface area contributed by atoms with E-state index in [0.717, 1.165) is 28.9 Å². The Bertz CT molecular complexity index is 1060. The fourth-order valence-corrected chi connectivity index (χ4v) is 4.14. The zero-order valence-electron chi connectivity index (χ0n) is 17.2. The standard InChI is InChI=1S/C23H25N3O3/c1-14-9-16(7-8-25(14)4)21-24-11-20(29-21)15-5-6-18-19(10-15)26(17-12-28-13-17)22(27)23(18,2)3/h5-7,9-11,17H,8,12-13H2,1-4H3. The third kappa shape index (κ3) is 2.74. The molecule has 1 fully saturated rings. The van der Waals surface area contributed by atoms with Crippen LogP contribution in [-0.4, -0.2) is 48.6 Å². The molecular weight excluding hydrogens is 366 g/mol. The molecule has 0 saturated carbocycles. The third-order valence-corrected chi connectivity index (χ3v) is 6.26. The summed E-state index contributed by atoms with van der Waals surface area (Å²) >= 11 is 0. The molecule has 0 spiro atoms. The number of rotatable bonds is 3. The van der Waals surface area contributed by atoms with E-state index in [1.54, 1.807) is 6.20 Å². The largest absolute Gasteiger partial charge is 0.436 e. The fraction of sp³-hybridized carbons (Fsp3) is 0.391. The van der Waals surface area contributed by atoms with Crippen LogP contribution in [0, 0.1) is 0 Å². The summed E-state index contributed by atoms with van der Waals surface area (Å²) in [6.45, 7) is 8.07. The Morgan fingerprint density at radius 1 is 1.24 bits per heavy atom. The van der Waals surface area contributed by atoms with Gasteiger partial charge in [0.1, 0.15) is 0 Å². The number of anilines is 1. The summed E-state index contributed by atoms with van der Waals surface area (Å²) in [6, 6.07) is 6.22. The lowest BCUT2D eigenvalue weighted by atomic mass is 9.86. The molecule has 29 heavy (non-hydrogen) atoms. The molecule has 5 rings (SSSR count). The van der Waals surface area contributed by atoms with Gasteiger partial charge in [0, 0.05) is 36.1 Å². The Kier molecular flexibility index (Phi) is 3.96. The van der Waals surface area contributed by atoms with Crippen LogP contribution in [0.1, 0.15) is 32.2 Å². The van der Waals surface area contributed by atoms with Crippen LogP contribution in [0.25, 0.3) is 16.9 Å². The first-order chi connectivity index (χ1) is 13.9. The number of oxazole rings is 1. The monoisotopic (exact) mass is 391 g/mol. The molecule has 3 aliphatic rings. The molecule has 150 valence electrons. The SMILES string of the molecule is CC1=CC(c2ncc(-c3ccc4c(c3)N(C3COC3)C(=O)C4(C)C)o2)=CCN1C. The first-order valence-corrected chi connectivity index (χ1v) is 9.98. The number of fused-ring (bicyclic) bond motifs is 1. The Labute approximate surface area is 170 Å². The minimum absolute atomic E-state index is 0.112. The maximum absolute atomic E-state index is 13.1. The molecule has 1 amide bonds. The average Bonchev–Trinajstić information content (AvgIpc) is 3.21. The summed E-state index contributed by atoms with van der Waals surface area (Å²) < 4.78 is 11.4. The summed E-state index contributed by atoms with van der Waals surface area (Å²) in [5, 5.41) is 0. The van der Waals surface area contributed by atoms with Gasteiger partial charge in [0.15, 0.2) is 5.76 Å². The van der Waals surface area contributed by atoms with Crippen molar-refractivity contribution in [2.45, 2.75) is 32.2 Å². The summed E-state index contributed by atoms with van der Waals surface area (Å²) in [5.41, 5.74) is 4.58. The molecule has 0 unspecified atom stereocenters. The highest BCUT2D eigenvalue weighted by Gasteiger charge is 2.48. The Morgan fingerprint density at radius 3 is 2.72 bits per heavy atom. The van der Waals surface area contributed by atoms with Crippen molar-refractivity contribution < 1.29 is 13.9 Å². The van der Waals surface area contributed by atoms with Gasteiger partial charge in [-0.2, -0.15) is 0 Å². The van der Waals surface area contributed by atoms with Crippen LogP contribution in [0.2, 0.25) is 0 Å². The van der Waals surface area contributed by atoms with Gasteiger partial charge < -0.3 is 19.0 Å². The molecule has 0 atom stereocenters. The van der Waals surface area contributed by atoms with Crippen molar-refractivity contribution in [1.29, 1.82) is 0 Å². The summed E-state index contributed by atoms with van der Waals surface area (Å²) in [4.78, 5) is 21.6. The Balaban J connectivity index is 1.51. The zero-order chi connectivity index (χ0) is 20.3. The van der Waals surface area contributed by atoms with Crippen LogP contribution in [0.3, 0.4) is 0 Å². The van der Waals surface area contributed by atoms with E-state index in [0.29, 0.717) is 24.9 Å².